The monoisotopic (exact) mass is 339 g/mol. The highest BCUT2D eigenvalue weighted by atomic mass is 32.2. The van der Waals surface area contributed by atoms with Gasteiger partial charge in [0.15, 0.2) is 0 Å². The zero-order chi connectivity index (χ0) is 16.8. The Labute approximate surface area is 140 Å². The van der Waals surface area contributed by atoms with E-state index in [4.69, 9.17) is 0 Å². The van der Waals surface area contributed by atoms with Crippen LogP contribution in [0.15, 0.2) is 4.90 Å². The van der Waals surface area contributed by atoms with E-state index in [1.165, 1.54) is 6.42 Å². The molecule has 0 atom stereocenters. The van der Waals surface area contributed by atoms with Gasteiger partial charge in [-0.25, -0.2) is 8.42 Å². The van der Waals surface area contributed by atoms with Crippen LogP contribution in [0.25, 0.3) is 0 Å². The summed E-state index contributed by atoms with van der Waals surface area (Å²) < 4.78 is 30.3. The van der Waals surface area contributed by atoms with Crippen LogP contribution in [0.5, 0.6) is 0 Å². The summed E-state index contributed by atoms with van der Waals surface area (Å²) in [7, 11) is -1.64. The minimum absolute atomic E-state index is 0.175. The molecule has 2 aliphatic carbocycles. The molecule has 0 saturated heterocycles. The Balaban J connectivity index is 1.92. The van der Waals surface area contributed by atoms with E-state index in [0.717, 1.165) is 50.1 Å². The average molecular weight is 340 g/mol. The third-order valence-corrected chi connectivity index (χ3v) is 7.90. The van der Waals surface area contributed by atoms with Gasteiger partial charge in [-0.3, -0.25) is 4.68 Å². The van der Waals surface area contributed by atoms with E-state index in [9.17, 15) is 8.42 Å². The molecule has 23 heavy (non-hydrogen) atoms. The Morgan fingerprint density at radius 1 is 1.09 bits per heavy atom. The van der Waals surface area contributed by atoms with Gasteiger partial charge in [0.25, 0.3) is 0 Å². The fourth-order valence-electron chi connectivity index (χ4n) is 4.06. The van der Waals surface area contributed by atoms with E-state index < -0.39 is 10.0 Å². The van der Waals surface area contributed by atoms with Crippen LogP contribution in [0, 0.1) is 19.8 Å². The highest BCUT2D eigenvalue weighted by Crippen LogP contribution is 2.40. The fraction of sp³-hybridized carbons (Fsp3) is 0.824. The first-order valence-corrected chi connectivity index (χ1v) is 10.3. The van der Waals surface area contributed by atoms with Crippen LogP contribution in [0.2, 0.25) is 0 Å². The SMILES string of the molecule is CCC1CCC(N(C2CC2)S(=O)(=O)c2c(C)nn(C)c2C)CC1. The van der Waals surface area contributed by atoms with Crippen molar-refractivity contribution in [2.75, 3.05) is 0 Å². The van der Waals surface area contributed by atoms with E-state index >= 15 is 0 Å². The number of hydrogen-bond acceptors (Lipinski definition) is 3. The number of sulfonamides is 1. The summed E-state index contributed by atoms with van der Waals surface area (Å²) in [6.45, 7) is 5.90. The Bertz CT molecular complexity index is 668. The maximum absolute atomic E-state index is 13.4. The molecule has 1 aromatic rings. The Hall–Kier alpha value is -0.880. The van der Waals surface area contributed by atoms with E-state index in [1.807, 2.05) is 18.3 Å². The zero-order valence-corrected chi connectivity index (χ0v) is 15.6. The summed E-state index contributed by atoms with van der Waals surface area (Å²) in [5.74, 6) is 0.775. The van der Waals surface area contributed by atoms with Gasteiger partial charge in [0, 0.05) is 19.1 Å². The molecule has 2 aliphatic rings. The second-order valence-electron chi connectivity index (χ2n) is 7.27. The van der Waals surface area contributed by atoms with Crippen LogP contribution in [0.1, 0.15) is 63.3 Å². The van der Waals surface area contributed by atoms with Crippen LogP contribution >= 0.6 is 0 Å². The molecule has 0 N–H and O–H groups in total. The lowest BCUT2D eigenvalue weighted by molar-refractivity contribution is 0.206. The van der Waals surface area contributed by atoms with Crippen molar-refractivity contribution < 1.29 is 8.42 Å². The molecule has 6 heteroatoms. The highest BCUT2D eigenvalue weighted by molar-refractivity contribution is 7.89. The average Bonchev–Trinajstić information content (AvgIpc) is 3.27. The van der Waals surface area contributed by atoms with Gasteiger partial charge in [0.1, 0.15) is 4.90 Å². The van der Waals surface area contributed by atoms with Crippen LogP contribution in [-0.4, -0.2) is 34.6 Å². The number of hydrogen-bond donors (Lipinski definition) is 0. The molecule has 0 radical (unpaired) electrons. The fourth-order valence-corrected chi connectivity index (χ4v) is 6.40. The molecular weight excluding hydrogens is 310 g/mol. The van der Waals surface area contributed by atoms with Gasteiger partial charge in [-0.05, 0) is 58.3 Å². The van der Waals surface area contributed by atoms with Crippen LogP contribution in [-0.2, 0) is 17.1 Å². The summed E-state index contributed by atoms with van der Waals surface area (Å²) >= 11 is 0. The predicted octanol–water partition coefficient (Wildman–Crippen LogP) is 3.16. The van der Waals surface area contributed by atoms with Crippen molar-refractivity contribution >= 4 is 10.0 Å². The smallest absolute Gasteiger partial charge is 0.247 e. The number of rotatable bonds is 5. The van der Waals surface area contributed by atoms with E-state index in [-0.39, 0.29) is 12.1 Å². The van der Waals surface area contributed by atoms with Crippen molar-refractivity contribution in [1.29, 1.82) is 0 Å². The second kappa shape index (κ2) is 6.20. The first kappa shape index (κ1) is 17.0. The van der Waals surface area contributed by atoms with Crippen LogP contribution in [0.4, 0.5) is 0 Å². The molecule has 0 spiro atoms. The summed E-state index contributed by atoms with van der Waals surface area (Å²) in [5.41, 5.74) is 1.37. The van der Waals surface area contributed by atoms with Gasteiger partial charge >= 0.3 is 0 Å². The topological polar surface area (TPSA) is 55.2 Å². The first-order chi connectivity index (χ1) is 10.9. The molecule has 0 amide bonds. The lowest BCUT2D eigenvalue weighted by Crippen LogP contribution is -2.44. The van der Waals surface area contributed by atoms with Crippen molar-refractivity contribution in [2.45, 2.75) is 82.7 Å². The minimum atomic E-state index is -3.45. The molecule has 1 aromatic heterocycles. The molecule has 130 valence electrons. The zero-order valence-electron chi connectivity index (χ0n) is 14.7. The van der Waals surface area contributed by atoms with Crippen molar-refractivity contribution in [1.82, 2.24) is 14.1 Å². The molecule has 0 aliphatic heterocycles. The quantitative estimate of drug-likeness (QED) is 0.828. The van der Waals surface area contributed by atoms with Gasteiger partial charge in [0.05, 0.1) is 11.4 Å². The summed E-state index contributed by atoms with van der Waals surface area (Å²) in [6.07, 6.45) is 7.55. The van der Waals surface area contributed by atoms with Gasteiger partial charge in [-0.1, -0.05) is 13.3 Å². The third-order valence-electron chi connectivity index (χ3n) is 5.64. The Morgan fingerprint density at radius 2 is 1.61 bits per heavy atom. The predicted molar refractivity (Wildman–Crippen MR) is 90.8 cm³/mol. The molecule has 0 unspecified atom stereocenters. The van der Waals surface area contributed by atoms with Gasteiger partial charge < -0.3 is 0 Å². The normalized spacial score (nSPS) is 26.0. The third kappa shape index (κ3) is 3.07. The van der Waals surface area contributed by atoms with Crippen molar-refractivity contribution in [2.24, 2.45) is 13.0 Å². The summed E-state index contributed by atoms with van der Waals surface area (Å²) in [6, 6.07) is 0.386. The summed E-state index contributed by atoms with van der Waals surface area (Å²) in [5, 5.41) is 4.32. The number of nitrogens with zero attached hydrogens (tertiary/aromatic N) is 3. The van der Waals surface area contributed by atoms with E-state index in [1.54, 1.807) is 11.6 Å². The van der Waals surface area contributed by atoms with E-state index in [2.05, 4.69) is 12.0 Å². The van der Waals surface area contributed by atoms with Gasteiger partial charge in [-0.2, -0.15) is 9.40 Å². The Kier molecular flexibility index (Phi) is 4.58. The lowest BCUT2D eigenvalue weighted by atomic mass is 9.84. The maximum atomic E-state index is 13.4. The standard InChI is InChI=1S/C17H29N3O2S/c1-5-14-6-8-15(9-7-14)20(16-10-11-16)23(21,22)17-12(2)18-19(4)13(17)3/h14-16H,5-11H2,1-4H3. The van der Waals surface area contributed by atoms with Crippen molar-refractivity contribution in [3.63, 3.8) is 0 Å². The lowest BCUT2D eigenvalue weighted by Gasteiger charge is -2.36. The highest BCUT2D eigenvalue weighted by Gasteiger charge is 2.45. The summed E-state index contributed by atoms with van der Waals surface area (Å²) in [4.78, 5) is 0.435. The molecule has 1 heterocycles. The van der Waals surface area contributed by atoms with Crippen LogP contribution in [0.3, 0.4) is 0 Å². The second-order valence-corrected chi connectivity index (χ2v) is 9.05. The van der Waals surface area contributed by atoms with E-state index in [0.29, 0.717) is 10.6 Å². The molecule has 0 bridgehead atoms. The van der Waals surface area contributed by atoms with Gasteiger partial charge in [-0.15, -0.1) is 0 Å². The number of aromatic nitrogens is 2. The maximum Gasteiger partial charge on any atom is 0.247 e. The van der Waals surface area contributed by atoms with Crippen molar-refractivity contribution in [3.05, 3.63) is 11.4 Å². The molecule has 2 saturated carbocycles. The number of aryl methyl sites for hydroxylation is 2. The minimum Gasteiger partial charge on any atom is -0.271 e. The molecule has 5 nitrogen and oxygen atoms in total. The van der Waals surface area contributed by atoms with Crippen LogP contribution < -0.4 is 0 Å². The first-order valence-electron chi connectivity index (χ1n) is 8.90. The largest absolute Gasteiger partial charge is 0.271 e. The Morgan fingerprint density at radius 3 is 2.00 bits per heavy atom. The molecule has 3 rings (SSSR count). The molecular formula is C17H29N3O2S. The molecule has 2 fully saturated rings. The van der Waals surface area contributed by atoms with Crippen molar-refractivity contribution in [3.8, 4) is 0 Å². The van der Waals surface area contributed by atoms with Gasteiger partial charge in [0.2, 0.25) is 10.0 Å². The molecule has 0 aromatic carbocycles.